The zero-order valence-electron chi connectivity index (χ0n) is 13.9. The monoisotopic (exact) mass is 279 g/mol. The first-order valence-electron chi connectivity index (χ1n) is 8.42. The van der Waals surface area contributed by atoms with Crippen LogP contribution >= 0.6 is 0 Å². The number of nitrogens with one attached hydrogen (secondary N) is 1. The summed E-state index contributed by atoms with van der Waals surface area (Å²) in [5.41, 5.74) is 2.67. The predicted molar refractivity (Wildman–Crippen MR) is 87.0 cm³/mol. The molecule has 1 aromatic rings. The molecule has 3 heteroatoms. The molecule has 3 nitrogen and oxygen atoms in total. The van der Waals surface area contributed by atoms with Crippen LogP contribution in [0.25, 0.3) is 0 Å². The van der Waals surface area contributed by atoms with Gasteiger partial charge in [-0.05, 0) is 19.9 Å². The Balaban J connectivity index is 2.31. The summed E-state index contributed by atoms with van der Waals surface area (Å²) < 4.78 is 1.98. The van der Waals surface area contributed by atoms with Gasteiger partial charge in [0.1, 0.15) is 0 Å². The van der Waals surface area contributed by atoms with E-state index in [2.05, 4.69) is 31.2 Å². The highest BCUT2D eigenvalue weighted by atomic mass is 15.3. The Kier molecular flexibility index (Phi) is 8.59. The molecule has 0 spiro atoms. The summed E-state index contributed by atoms with van der Waals surface area (Å²) in [5, 5.41) is 7.99. The standard InChI is InChI=1S/C17H33N3/c1-5-7-8-9-10-11-12-13-17(18-6-2)16-14-19-20(4)15(16)3/h14,17-18H,5-13H2,1-4H3. The first-order valence-corrected chi connectivity index (χ1v) is 8.42. The minimum atomic E-state index is 0.476. The summed E-state index contributed by atoms with van der Waals surface area (Å²) >= 11 is 0. The van der Waals surface area contributed by atoms with Gasteiger partial charge in [0.25, 0.3) is 0 Å². The van der Waals surface area contributed by atoms with Gasteiger partial charge in [0.05, 0.1) is 6.20 Å². The number of unbranched alkanes of at least 4 members (excludes halogenated alkanes) is 6. The topological polar surface area (TPSA) is 29.9 Å². The molecule has 116 valence electrons. The van der Waals surface area contributed by atoms with Crippen molar-refractivity contribution >= 4 is 0 Å². The molecule has 0 radical (unpaired) electrons. The van der Waals surface area contributed by atoms with Crippen molar-refractivity contribution in [3.63, 3.8) is 0 Å². The number of aromatic nitrogens is 2. The highest BCUT2D eigenvalue weighted by molar-refractivity contribution is 5.20. The quantitative estimate of drug-likeness (QED) is 0.604. The lowest BCUT2D eigenvalue weighted by molar-refractivity contribution is 0.473. The van der Waals surface area contributed by atoms with Gasteiger partial charge in [-0.3, -0.25) is 4.68 Å². The molecular formula is C17H33N3. The molecule has 20 heavy (non-hydrogen) atoms. The maximum Gasteiger partial charge on any atom is 0.0540 e. The molecule has 0 aromatic carbocycles. The molecule has 1 unspecified atom stereocenters. The maximum absolute atomic E-state index is 4.37. The van der Waals surface area contributed by atoms with Crippen molar-refractivity contribution in [1.82, 2.24) is 15.1 Å². The van der Waals surface area contributed by atoms with Gasteiger partial charge in [-0.2, -0.15) is 5.10 Å². The van der Waals surface area contributed by atoms with Crippen LogP contribution in [0.4, 0.5) is 0 Å². The lowest BCUT2D eigenvalue weighted by atomic mass is 10.00. The molecule has 1 atom stereocenters. The fraction of sp³-hybridized carbons (Fsp3) is 0.824. The number of rotatable bonds is 11. The Hall–Kier alpha value is -0.830. The normalized spacial score (nSPS) is 12.8. The van der Waals surface area contributed by atoms with Crippen LogP contribution in [-0.2, 0) is 7.05 Å². The highest BCUT2D eigenvalue weighted by Crippen LogP contribution is 2.23. The van der Waals surface area contributed by atoms with Crippen LogP contribution in [0.5, 0.6) is 0 Å². The maximum atomic E-state index is 4.37. The first-order chi connectivity index (χ1) is 9.70. The third-order valence-electron chi connectivity index (χ3n) is 4.20. The molecule has 0 fully saturated rings. The zero-order valence-corrected chi connectivity index (χ0v) is 13.9. The van der Waals surface area contributed by atoms with Gasteiger partial charge < -0.3 is 5.32 Å². The van der Waals surface area contributed by atoms with Crippen LogP contribution in [0.15, 0.2) is 6.20 Å². The van der Waals surface area contributed by atoms with Gasteiger partial charge in [-0.15, -0.1) is 0 Å². The van der Waals surface area contributed by atoms with E-state index in [1.807, 2.05) is 17.9 Å². The SMILES string of the molecule is CCCCCCCCCC(NCC)c1cnn(C)c1C. The highest BCUT2D eigenvalue weighted by Gasteiger charge is 2.15. The van der Waals surface area contributed by atoms with Crippen molar-refractivity contribution in [1.29, 1.82) is 0 Å². The van der Waals surface area contributed by atoms with E-state index in [-0.39, 0.29) is 0 Å². The molecule has 1 aromatic heterocycles. The molecule has 1 rings (SSSR count). The average molecular weight is 279 g/mol. The van der Waals surface area contributed by atoms with Gasteiger partial charge >= 0.3 is 0 Å². The third-order valence-corrected chi connectivity index (χ3v) is 4.20. The molecule has 0 aliphatic heterocycles. The van der Waals surface area contributed by atoms with Crippen molar-refractivity contribution in [2.24, 2.45) is 7.05 Å². The first kappa shape index (κ1) is 17.2. The summed E-state index contributed by atoms with van der Waals surface area (Å²) in [5.74, 6) is 0. The second kappa shape index (κ2) is 9.98. The largest absolute Gasteiger partial charge is 0.310 e. The van der Waals surface area contributed by atoms with Crippen molar-refractivity contribution < 1.29 is 0 Å². The van der Waals surface area contributed by atoms with Gasteiger partial charge in [-0.1, -0.05) is 58.8 Å². The van der Waals surface area contributed by atoms with E-state index >= 15 is 0 Å². The van der Waals surface area contributed by atoms with Crippen LogP contribution < -0.4 is 5.32 Å². The van der Waals surface area contributed by atoms with E-state index in [0.717, 1.165) is 6.54 Å². The summed E-state index contributed by atoms with van der Waals surface area (Å²) in [6.45, 7) is 7.65. The second-order valence-electron chi connectivity index (χ2n) is 5.83. The molecule has 0 saturated heterocycles. The van der Waals surface area contributed by atoms with Crippen LogP contribution in [0.3, 0.4) is 0 Å². The lowest BCUT2D eigenvalue weighted by Gasteiger charge is -2.17. The van der Waals surface area contributed by atoms with Crippen molar-refractivity contribution in [3.05, 3.63) is 17.5 Å². The number of aryl methyl sites for hydroxylation is 1. The minimum absolute atomic E-state index is 0.476. The van der Waals surface area contributed by atoms with E-state index < -0.39 is 0 Å². The molecule has 1 heterocycles. The van der Waals surface area contributed by atoms with Crippen LogP contribution in [0.2, 0.25) is 0 Å². The zero-order chi connectivity index (χ0) is 14.8. The van der Waals surface area contributed by atoms with Crippen molar-refractivity contribution in [2.75, 3.05) is 6.54 Å². The Morgan fingerprint density at radius 3 is 2.30 bits per heavy atom. The molecule has 1 N–H and O–H groups in total. The molecule has 0 saturated carbocycles. The summed E-state index contributed by atoms with van der Waals surface area (Å²) in [6.07, 6.45) is 12.9. The van der Waals surface area contributed by atoms with E-state index in [1.54, 1.807) is 0 Å². The van der Waals surface area contributed by atoms with Crippen LogP contribution in [0.1, 0.15) is 82.5 Å². The third kappa shape index (κ3) is 5.66. The average Bonchev–Trinajstić information content (AvgIpc) is 2.77. The molecular weight excluding hydrogens is 246 g/mol. The Morgan fingerprint density at radius 2 is 1.75 bits per heavy atom. The fourth-order valence-corrected chi connectivity index (χ4v) is 2.78. The summed E-state index contributed by atoms with van der Waals surface area (Å²) in [7, 11) is 2.02. The number of hydrogen-bond donors (Lipinski definition) is 1. The smallest absolute Gasteiger partial charge is 0.0540 e. The predicted octanol–water partition coefficient (Wildman–Crippen LogP) is 4.52. The van der Waals surface area contributed by atoms with Crippen LogP contribution in [0, 0.1) is 6.92 Å². The van der Waals surface area contributed by atoms with E-state index in [1.165, 1.54) is 62.6 Å². The minimum Gasteiger partial charge on any atom is -0.310 e. The van der Waals surface area contributed by atoms with Gasteiger partial charge in [0, 0.05) is 24.3 Å². The van der Waals surface area contributed by atoms with E-state index in [4.69, 9.17) is 0 Å². The summed E-state index contributed by atoms with van der Waals surface area (Å²) in [4.78, 5) is 0. The van der Waals surface area contributed by atoms with Crippen molar-refractivity contribution in [3.8, 4) is 0 Å². The van der Waals surface area contributed by atoms with E-state index in [0.29, 0.717) is 6.04 Å². The van der Waals surface area contributed by atoms with E-state index in [9.17, 15) is 0 Å². The molecule has 0 bridgehead atoms. The second-order valence-corrected chi connectivity index (χ2v) is 5.83. The fourth-order valence-electron chi connectivity index (χ4n) is 2.78. The Morgan fingerprint density at radius 1 is 1.10 bits per heavy atom. The number of nitrogens with zero attached hydrogens (tertiary/aromatic N) is 2. The molecule has 0 amide bonds. The van der Waals surface area contributed by atoms with Gasteiger partial charge in [0.2, 0.25) is 0 Å². The van der Waals surface area contributed by atoms with Gasteiger partial charge in [0.15, 0.2) is 0 Å². The van der Waals surface area contributed by atoms with Crippen molar-refractivity contribution in [2.45, 2.75) is 78.2 Å². The lowest BCUT2D eigenvalue weighted by Crippen LogP contribution is -2.21. The Bertz CT molecular complexity index is 357. The Labute approximate surface area is 125 Å². The molecule has 0 aliphatic rings. The number of hydrogen-bond acceptors (Lipinski definition) is 2. The summed E-state index contributed by atoms with van der Waals surface area (Å²) in [6, 6.07) is 0.476. The molecule has 0 aliphatic carbocycles. The van der Waals surface area contributed by atoms with Crippen LogP contribution in [-0.4, -0.2) is 16.3 Å². The van der Waals surface area contributed by atoms with Gasteiger partial charge in [-0.25, -0.2) is 0 Å².